The molecule has 166 valence electrons. The number of nitrogens with one attached hydrogen (secondary N) is 1. The number of hydrogen-bond acceptors (Lipinski definition) is 5. The summed E-state index contributed by atoms with van der Waals surface area (Å²) in [5.74, 6) is -0.389. The Bertz CT molecular complexity index is 1180. The van der Waals surface area contributed by atoms with Crippen molar-refractivity contribution in [1.29, 1.82) is 0 Å². The number of anilines is 1. The van der Waals surface area contributed by atoms with E-state index in [1.807, 2.05) is 13.8 Å². The Morgan fingerprint density at radius 1 is 1.12 bits per heavy atom. The summed E-state index contributed by atoms with van der Waals surface area (Å²) in [5, 5.41) is 3.45. The molecule has 1 heterocycles. The second-order valence-electron chi connectivity index (χ2n) is 6.74. The van der Waals surface area contributed by atoms with Crippen molar-refractivity contribution in [2.24, 2.45) is 10.7 Å². The monoisotopic (exact) mass is 478 g/mol. The predicted octanol–water partition coefficient (Wildman–Crippen LogP) is 6.19. The number of carbonyl (C=O) groups is 1. The first-order chi connectivity index (χ1) is 15.0. The van der Waals surface area contributed by atoms with Crippen LogP contribution in [0.4, 0.5) is 24.0 Å². The third-order valence-corrected chi connectivity index (χ3v) is 5.71. The highest BCUT2D eigenvalue weighted by molar-refractivity contribution is 7.15. The van der Waals surface area contributed by atoms with Crippen molar-refractivity contribution in [3.63, 3.8) is 0 Å². The lowest BCUT2D eigenvalue weighted by Gasteiger charge is -2.10. The van der Waals surface area contributed by atoms with Gasteiger partial charge < -0.3 is 5.73 Å². The van der Waals surface area contributed by atoms with Crippen molar-refractivity contribution in [2.75, 3.05) is 5.32 Å². The predicted molar refractivity (Wildman–Crippen MR) is 122 cm³/mol. The number of carbonyl (C=O) groups excluding carboxylic acids is 1. The highest BCUT2D eigenvalue weighted by Gasteiger charge is 2.31. The summed E-state index contributed by atoms with van der Waals surface area (Å²) >= 11 is 7.45. The summed E-state index contributed by atoms with van der Waals surface area (Å²) in [6.07, 6.45) is -3.98. The van der Waals surface area contributed by atoms with E-state index in [2.05, 4.69) is 15.3 Å². The SMILES string of the molecule is Cc1nc(NC(=O)c2ccc(C(C=C(N)C(F)(F)F)=Nc3ccccc3Cl)cc2)sc1C. The number of nitrogens with two attached hydrogens (primary N) is 1. The summed E-state index contributed by atoms with van der Waals surface area (Å²) < 4.78 is 39.1. The molecule has 3 N–H and O–H groups in total. The van der Waals surface area contributed by atoms with Crippen molar-refractivity contribution >= 4 is 45.4 Å². The standard InChI is InChI=1S/C22H18ClF3N4OS/c1-12-13(2)32-21(28-12)30-20(31)15-9-7-14(8-10-15)18(11-19(27)22(24,25)26)29-17-6-4-3-5-16(17)23/h3-11H,27H2,1-2H3,(H,28,30,31). The van der Waals surface area contributed by atoms with Gasteiger partial charge in [0.1, 0.15) is 5.70 Å². The van der Waals surface area contributed by atoms with Crippen LogP contribution in [0.2, 0.25) is 5.02 Å². The number of para-hydroxylation sites is 1. The number of aromatic nitrogens is 1. The molecule has 0 spiro atoms. The van der Waals surface area contributed by atoms with Crippen LogP contribution in [0, 0.1) is 13.8 Å². The first-order valence-electron chi connectivity index (χ1n) is 9.28. The lowest BCUT2D eigenvalue weighted by Crippen LogP contribution is -2.21. The summed E-state index contributed by atoms with van der Waals surface area (Å²) in [4.78, 5) is 22.0. The van der Waals surface area contributed by atoms with Crippen LogP contribution in [0.15, 0.2) is 65.3 Å². The molecular weight excluding hydrogens is 461 g/mol. The maximum Gasteiger partial charge on any atom is 0.430 e. The van der Waals surface area contributed by atoms with Gasteiger partial charge in [-0.3, -0.25) is 10.1 Å². The number of rotatable bonds is 5. The molecule has 0 bridgehead atoms. The third kappa shape index (κ3) is 5.74. The Balaban J connectivity index is 1.93. The second-order valence-corrected chi connectivity index (χ2v) is 8.35. The van der Waals surface area contributed by atoms with E-state index in [1.54, 1.807) is 24.3 Å². The molecule has 0 saturated heterocycles. The molecule has 0 fully saturated rings. The molecule has 0 radical (unpaired) electrons. The number of nitrogens with zero attached hydrogens (tertiary/aromatic N) is 2. The van der Waals surface area contributed by atoms with Gasteiger partial charge in [-0.2, -0.15) is 13.2 Å². The highest BCUT2D eigenvalue weighted by atomic mass is 35.5. The molecule has 0 saturated carbocycles. The number of halogens is 4. The quantitative estimate of drug-likeness (QED) is 0.429. The Hall–Kier alpha value is -3.17. The van der Waals surface area contributed by atoms with Crippen molar-refractivity contribution in [3.8, 4) is 0 Å². The number of hydrogen-bond donors (Lipinski definition) is 2. The Morgan fingerprint density at radius 3 is 2.31 bits per heavy atom. The van der Waals surface area contributed by atoms with E-state index in [9.17, 15) is 18.0 Å². The number of aliphatic imine (C=N–C) groups is 1. The van der Waals surface area contributed by atoms with Gasteiger partial charge in [0.25, 0.3) is 5.91 Å². The van der Waals surface area contributed by atoms with E-state index in [1.165, 1.54) is 35.6 Å². The van der Waals surface area contributed by atoms with Gasteiger partial charge in [0, 0.05) is 16.0 Å². The van der Waals surface area contributed by atoms with Crippen molar-refractivity contribution in [1.82, 2.24) is 4.98 Å². The van der Waals surface area contributed by atoms with Gasteiger partial charge in [0.2, 0.25) is 0 Å². The van der Waals surface area contributed by atoms with Crippen LogP contribution >= 0.6 is 22.9 Å². The zero-order valence-corrected chi connectivity index (χ0v) is 18.6. The Morgan fingerprint density at radius 2 is 1.75 bits per heavy atom. The number of amides is 1. The number of allylic oxidation sites excluding steroid dienone is 2. The molecular formula is C22H18ClF3N4OS. The number of alkyl halides is 3. The van der Waals surface area contributed by atoms with E-state index in [-0.39, 0.29) is 22.3 Å². The molecule has 0 unspecified atom stereocenters. The summed E-state index contributed by atoms with van der Waals surface area (Å²) in [5.41, 5.74) is 5.61. The van der Waals surface area contributed by atoms with E-state index >= 15 is 0 Å². The number of thiazole rings is 1. The number of aryl methyl sites for hydroxylation is 2. The molecule has 0 aliphatic rings. The highest BCUT2D eigenvalue weighted by Crippen LogP contribution is 2.27. The minimum absolute atomic E-state index is 0.0499. The molecule has 3 rings (SSSR count). The molecule has 0 aliphatic carbocycles. The molecule has 3 aromatic rings. The van der Waals surface area contributed by atoms with Crippen molar-refractivity contribution in [3.05, 3.63) is 87.0 Å². The van der Waals surface area contributed by atoms with Crippen molar-refractivity contribution in [2.45, 2.75) is 20.0 Å². The fraction of sp³-hybridized carbons (Fsp3) is 0.136. The van der Waals surface area contributed by atoms with Gasteiger partial charge in [-0.25, -0.2) is 9.98 Å². The summed E-state index contributed by atoms with van der Waals surface area (Å²) in [6, 6.07) is 12.4. The molecule has 1 amide bonds. The van der Waals surface area contributed by atoms with Gasteiger partial charge in [-0.05, 0) is 44.2 Å². The van der Waals surface area contributed by atoms with Crippen LogP contribution < -0.4 is 11.1 Å². The number of benzene rings is 2. The largest absolute Gasteiger partial charge is 0.430 e. The minimum Gasteiger partial charge on any atom is -0.395 e. The minimum atomic E-state index is -4.72. The topological polar surface area (TPSA) is 80.4 Å². The van der Waals surface area contributed by atoms with Crippen LogP contribution in [-0.2, 0) is 0 Å². The van der Waals surface area contributed by atoms with Crippen LogP contribution in [0.1, 0.15) is 26.5 Å². The Kier molecular flexibility index (Phi) is 7.00. The van der Waals surface area contributed by atoms with Gasteiger partial charge in [-0.1, -0.05) is 35.9 Å². The van der Waals surface area contributed by atoms with Gasteiger partial charge in [0.15, 0.2) is 5.13 Å². The van der Waals surface area contributed by atoms with E-state index in [0.29, 0.717) is 16.3 Å². The van der Waals surface area contributed by atoms with Crippen LogP contribution in [0.5, 0.6) is 0 Å². The summed E-state index contributed by atoms with van der Waals surface area (Å²) in [7, 11) is 0. The van der Waals surface area contributed by atoms with Crippen LogP contribution in [0.25, 0.3) is 0 Å². The Labute approximate surface area is 191 Å². The fourth-order valence-electron chi connectivity index (χ4n) is 2.57. The molecule has 10 heteroatoms. The fourth-order valence-corrected chi connectivity index (χ4v) is 3.56. The van der Waals surface area contributed by atoms with Crippen LogP contribution in [0.3, 0.4) is 0 Å². The maximum atomic E-state index is 13.0. The molecule has 0 atom stereocenters. The van der Waals surface area contributed by atoms with E-state index < -0.39 is 11.9 Å². The summed E-state index contributed by atoms with van der Waals surface area (Å²) in [6.45, 7) is 3.74. The normalized spacial score (nSPS) is 12.7. The van der Waals surface area contributed by atoms with E-state index in [0.717, 1.165) is 16.6 Å². The van der Waals surface area contributed by atoms with Gasteiger partial charge in [0.05, 0.1) is 22.1 Å². The van der Waals surface area contributed by atoms with Gasteiger partial charge >= 0.3 is 6.18 Å². The van der Waals surface area contributed by atoms with Crippen LogP contribution in [-0.4, -0.2) is 22.8 Å². The average molecular weight is 479 g/mol. The molecule has 5 nitrogen and oxygen atoms in total. The molecule has 0 aliphatic heterocycles. The molecule has 2 aromatic carbocycles. The first kappa shape index (κ1) is 23.5. The zero-order valence-electron chi connectivity index (χ0n) is 17.0. The lowest BCUT2D eigenvalue weighted by molar-refractivity contribution is -0.0925. The maximum absolute atomic E-state index is 13.0. The zero-order chi connectivity index (χ0) is 23.5. The lowest BCUT2D eigenvalue weighted by atomic mass is 10.1. The molecule has 1 aromatic heterocycles. The first-order valence-corrected chi connectivity index (χ1v) is 10.5. The van der Waals surface area contributed by atoms with Gasteiger partial charge in [-0.15, -0.1) is 11.3 Å². The smallest absolute Gasteiger partial charge is 0.395 e. The van der Waals surface area contributed by atoms with Crippen molar-refractivity contribution < 1.29 is 18.0 Å². The third-order valence-electron chi connectivity index (χ3n) is 4.40. The average Bonchev–Trinajstić information content (AvgIpc) is 3.05. The van der Waals surface area contributed by atoms with E-state index in [4.69, 9.17) is 17.3 Å². The molecule has 32 heavy (non-hydrogen) atoms. The second kappa shape index (κ2) is 9.54.